The van der Waals surface area contributed by atoms with Gasteiger partial charge in [-0.2, -0.15) is 0 Å². The summed E-state index contributed by atoms with van der Waals surface area (Å²) < 4.78 is 0. The van der Waals surface area contributed by atoms with Crippen LogP contribution in [-0.4, -0.2) is 13.1 Å². The van der Waals surface area contributed by atoms with Gasteiger partial charge < -0.3 is 5.32 Å². The third kappa shape index (κ3) is 4.99. The van der Waals surface area contributed by atoms with E-state index in [-0.39, 0.29) is 0 Å². The average Bonchev–Trinajstić information content (AvgIpc) is 2.60. The maximum Gasteiger partial charge on any atom is 0.0121 e. The molecule has 0 amide bonds. The molecule has 1 fully saturated rings. The molecule has 1 aliphatic rings. The highest BCUT2D eigenvalue weighted by atomic mass is 14.9. The SMILES string of the molecule is CCCC(CCC)C(NC)C1CCCCCC1. The van der Waals surface area contributed by atoms with Gasteiger partial charge in [-0.1, -0.05) is 52.4 Å². The van der Waals surface area contributed by atoms with E-state index in [2.05, 4.69) is 26.2 Å². The van der Waals surface area contributed by atoms with Gasteiger partial charge in [0.1, 0.15) is 0 Å². The minimum atomic E-state index is 0.785. The summed E-state index contributed by atoms with van der Waals surface area (Å²) >= 11 is 0. The number of rotatable bonds is 7. The summed E-state index contributed by atoms with van der Waals surface area (Å²) in [5.41, 5.74) is 0. The molecule has 0 aromatic heterocycles. The Morgan fingerprint density at radius 1 is 0.941 bits per heavy atom. The van der Waals surface area contributed by atoms with Crippen molar-refractivity contribution in [2.45, 2.75) is 84.1 Å². The van der Waals surface area contributed by atoms with Crippen LogP contribution in [-0.2, 0) is 0 Å². The van der Waals surface area contributed by atoms with E-state index in [1.54, 1.807) is 0 Å². The van der Waals surface area contributed by atoms with Gasteiger partial charge in [-0.3, -0.25) is 0 Å². The lowest BCUT2D eigenvalue weighted by atomic mass is 9.79. The van der Waals surface area contributed by atoms with Crippen LogP contribution in [0, 0.1) is 11.8 Å². The lowest BCUT2D eigenvalue weighted by molar-refractivity contribution is 0.223. The van der Waals surface area contributed by atoms with Crippen LogP contribution in [0.3, 0.4) is 0 Å². The number of nitrogens with one attached hydrogen (secondary N) is 1. The highest BCUT2D eigenvalue weighted by Gasteiger charge is 2.27. The summed E-state index contributed by atoms with van der Waals surface area (Å²) in [6, 6.07) is 0.785. The predicted octanol–water partition coefficient (Wildman–Crippen LogP) is 4.76. The normalized spacial score (nSPS) is 20.5. The van der Waals surface area contributed by atoms with E-state index in [9.17, 15) is 0 Å². The van der Waals surface area contributed by atoms with Crippen LogP contribution in [0.5, 0.6) is 0 Å². The Morgan fingerprint density at radius 2 is 1.47 bits per heavy atom. The fraction of sp³-hybridized carbons (Fsp3) is 1.00. The van der Waals surface area contributed by atoms with Gasteiger partial charge in [-0.15, -0.1) is 0 Å². The molecule has 1 nitrogen and oxygen atoms in total. The topological polar surface area (TPSA) is 12.0 Å². The Bertz CT molecular complexity index is 162. The smallest absolute Gasteiger partial charge is 0.0121 e. The van der Waals surface area contributed by atoms with E-state index in [0.29, 0.717) is 0 Å². The first-order valence-corrected chi connectivity index (χ1v) is 8.00. The second kappa shape index (κ2) is 8.97. The van der Waals surface area contributed by atoms with Crippen LogP contribution in [0.15, 0.2) is 0 Å². The van der Waals surface area contributed by atoms with Crippen molar-refractivity contribution >= 4 is 0 Å². The highest BCUT2D eigenvalue weighted by Crippen LogP contribution is 2.31. The van der Waals surface area contributed by atoms with Gasteiger partial charge in [-0.05, 0) is 44.6 Å². The van der Waals surface area contributed by atoms with Crippen molar-refractivity contribution in [3.05, 3.63) is 0 Å². The summed E-state index contributed by atoms with van der Waals surface area (Å²) in [7, 11) is 2.19. The Morgan fingerprint density at radius 3 is 1.88 bits per heavy atom. The first-order valence-electron chi connectivity index (χ1n) is 8.00. The van der Waals surface area contributed by atoms with Gasteiger partial charge in [0.25, 0.3) is 0 Å². The van der Waals surface area contributed by atoms with Crippen LogP contribution in [0.4, 0.5) is 0 Å². The molecule has 1 aliphatic carbocycles. The third-order valence-corrected chi connectivity index (χ3v) is 4.57. The van der Waals surface area contributed by atoms with Crippen LogP contribution in [0.1, 0.15) is 78.1 Å². The molecule has 0 heterocycles. The van der Waals surface area contributed by atoms with Crippen molar-refractivity contribution in [2.75, 3.05) is 7.05 Å². The van der Waals surface area contributed by atoms with Crippen molar-refractivity contribution in [3.63, 3.8) is 0 Å². The molecule has 0 radical (unpaired) electrons. The molecule has 0 aromatic carbocycles. The standard InChI is InChI=1S/C16H33N/c1-4-10-14(11-5-2)16(17-3)15-12-8-6-7-9-13-15/h14-17H,4-13H2,1-3H3. The maximum absolute atomic E-state index is 3.67. The van der Waals surface area contributed by atoms with Gasteiger partial charge in [0, 0.05) is 6.04 Å². The second-order valence-corrected chi connectivity index (χ2v) is 5.90. The fourth-order valence-corrected chi connectivity index (χ4v) is 3.77. The zero-order valence-electron chi connectivity index (χ0n) is 12.3. The number of hydrogen-bond acceptors (Lipinski definition) is 1. The second-order valence-electron chi connectivity index (χ2n) is 5.90. The zero-order chi connectivity index (χ0) is 12.5. The number of hydrogen-bond donors (Lipinski definition) is 1. The molecule has 102 valence electrons. The lowest BCUT2D eigenvalue weighted by Crippen LogP contribution is -2.40. The Balaban J connectivity index is 2.57. The average molecular weight is 239 g/mol. The van der Waals surface area contributed by atoms with Crippen molar-refractivity contribution in [2.24, 2.45) is 11.8 Å². The van der Waals surface area contributed by atoms with Crippen LogP contribution < -0.4 is 5.32 Å². The summed E-state index contributed by atoms with van der Waals surface area (Å²) in [6.45, 7) is 4.67. The Labute approximate surface area is 109 Å². The van der Waals surface area contributed by atoms with Crippen LogP contribution in [0.2, 0.25) is 0 Å². The molecular weight excluding hydrogens is 206 g/mol. The molecule has 17 heavy (non-hydrogen) atoms. The van der Waals surface area contributed by atoms with Gasteiger partial charge in [0.15, 0.2) is 0 Å². The van der Waals surface area contributed by atoms with Crippen molar-refractivity contribution in [3.8, 4) is 0 Å². The Hall–Kier alpha value is -0.0400. The lowest BCUT2D eigenvalue weighted by Gasteiger charge is -2.33. The molecule has 0 spiro atoms. The van der Waals surface area contributed by atoms with E-state index >= 15 is 0 Å². The van der Waals surface area contributed by atoms with Gasteiger partial charge in [0.05, 0.1) is 0 Å². The highest BCUT2D eigenvalue weighted by molar-refractivity contribution is 4.83. The largest absolute Gasteiger partial charge is 0.316 e. The minimum Gasteiger partial charge on any atom is -0.316 e. The molecule has 0 saturated heterocycles. The monoisotopic (exact) mass is 239 g/mol. The van der Waals surface area contributed by atoms with Gasteiger partial charge in [0.2, 0.25) is 0 Å². The molecule has 1 N–H and O–H groups in total. The molecule has 1 rings (SSSR count). The molecule has 1 saturated carbocycles. The summed E-state index contributed by atoms with van der Waals surface area (Å²) in [5, 5.41) is 3.67. The maximum atomic E-state index is 3.67. The zero-order valence-corrected chi connectivity index (χ0v) is 12.3. The molecule has 1 heteroatoms. The molecule has 0 aliphatic heterocycles. The van der Waals surface area contributed by atoms with Crippen LogP contribution >= 0.6 is 0 Å². The molecular formula is C16H33N. The fourth-order valence-electron chi connectivity index (χ4n) is 3.77. The predicted molar refractivity (Wildman–Crippen MR) is 77.3 cm³/mol. The molecule has 0 bridgehead atoms. The summed E-state index contributed by atoms with van der Waals surface area (Å²) in [5.74, 6) is 1.86. The first-order chi connectivity index (χ1) is 8.33. The molecule has 0 aromatic rings. The van der Waals surface area contributed by atoms with Crippen molar-refractivity contribution in [1.29, 1.82) is 0 Å². The van der Waals surface area contributed by atoms with Crippen LogP contribution in [0.25, 0.3) is 0 Å². The first kappa shape index (κ1) is 15.0. The molecule has 1 unspecified atom stereocenters. The van der Waals surface area contributed by atoms with E-state index < -0.39 is 0 Å². The Kier molecular flexibility index (Phi) is 7.92. The summed E-state index contributed by atoms with van der Waals surface area (Å²) in [4.78, 5) is 0. The third-order valence-electron chi connectivity index (χ3n) is 4.57. The van der Waals surface area contributed by atoms with Crippen molar-refractivity contribution in [1.82, 2.24) is 5.32 Å². The van der Waals surface area contributed by atoms with Gasteiger partial charge in [-0.25, -0.2) is 0 Å². The quantitative estimate of drug-likeness (QED) is 0.632. The minimum absolute atomic E-state index is 0.785. The summed E-state index contributed by atoms with van der Waals surface area (Å²) in [6.07, 6.45) is 14.3. The van der Waals surface area contributed by atoms with E-state index in [4.69, 9.17) is 0 Å². The van der Waals surface area contributed by atoms with E-state index in [0.717, 1.165) is 17.9 Å². The van der Waals surface area contributed by atoms with Crippen molar-refractivity contribution < 1.29 is 0 Å². The van der Waals surface area contributed by atoms with E-state index in [1.807, 2.05) is 0 Å². The van der Waals surface area contributed by atoms with Gasteiger partial charge >= 0.3 is 0 Å². The molecule has 1 atom stereocenters. The van der Waals surface area contributed by atoms with E-state index in [1.165, 1.54) is 64.2 Å².